The number of hydrazine groups is 1. The Hall–Kier alpha value is -5.32. The van der Waals surface area contributed by atoms with Gasteiger partial charge in [-0.05, 0) is 68.5 Å². The predicted molar refractivity (Wildman–Crippen MR) is 144 cm³/mol. The third-order valence-electron chi connectivity index (χ3n) is 5.98. The Labute approximate surface area is 218 Å². The highest BCUT2D eigenvalue weighted by molar-refractivity contribution is 6.01. The number of amides is 2. The van der Waals surface area contributed by atoms with Gasteiger partial charge in [0.05, 0.1) is 28.2 Å². The normalized spacial score (nSPS) is 11.5. The molecule has 0 saturated carbocycles. The van der Waals surface area contributed by atoms with E-state index in [-0.39, 0.29) is 0 Å². The number of pyridine rings is 1. The standard InChI is InChI=1S/C27H25N9O2/c1-27(2,36-17-28-16-30-36)26(38)35-34-25(37)21-8-3-4-9-22(21)31-19-10-12-20-23(32-33-24(20)15-19)13-11-18-7-5-6-14-29-18/h3-17,31H,1-2H3,(H,32,33)(H,34,37)(H,35,38)/b13-11+. The first-order valence-corrected chi connectivity index (χ1v) is 11.8. The molecule has 0 aliphatic carbocycles. The molecular formula is C27H25N9O2. The van der Waals surface area contributed by atoms with Crippen molar-refractivity contribution in [2.45, 2.75) is 19.4 Å². The minimum absolute atomic E-state index is 0.357. The number of hydrogen-bond donors (Lipinski definition) is 4. The molecule has 0 aliphatic rings. The first-order valence-electron chi connectivity index (χ1n) is 11.8. The van der Waals surface area contributed by atoms with E-state index in [1.54, 1.807) is 38.2 Å². The summed E-state index contributed by atoms with van der Waals surface area (Å²) in [4.78, 5) is 33.8. The first-order chi connectivity index (χ1) is 18.4. The van der Waals surface area contributed by atoms with Crippen LogP contribution in [-0.4, -0.2) is 41.8 Å². The van der Waals surface area contributed by atoms with Gasteiger partial charge in [0.2, 0.25) is 0 Å². The summed E-state index contributed by atoms with van der Waals surface area (Å²) in [6.45, 7) is 3.34. The molecule has 190 valence electrons. The number of rotatable bonds is 7. The second-order valence-corrected chi connectivity index (χ2v) is 8.94. The van der Waals surface area contributed by atoms with Gasteiger partial charge in [-0.15, -0.1) is 0 Å². The third kappa shape index (κ3) is 5.12. The van der Waals surface area contributed by atoms with Crippen molar-refractivity contribution in [3.05, 3.63) is 96.5 Å². The van der Waals surface area contributed by atoms with E-state index in [1.165, 1.54) is 17.3 Å². The molecule has 38 heavy (non-hydrogen) atoms. The zero-order valence-electron chi connectivity index (χ0n) is 20.7. The Balaban J connectivity index is 1.29. The lowest BCUT2D eigenvalue weighted by Gasteiger charge is -2.23. The van der Waals surface area contributed by atoms with Gasteiger partial charge < -0.3 is 5.32 Å². The fraction of sp³-hybridized carbons (Fsp3) is 0.111. The van der Waals surface area contributed by atoms with Crippen LogP contribution in [0.4, 0.5) is 11.4 Å². The number of aromatic nitrogens is 6. The molecule has 0 bridgehead atoms. The molecule has 3 aromatic heterocycles. The molecule has 0 radical (unpaired) electrons. The van der Waals surface area contributed by atoms with Crippen LogP contribution < -0.4 is 16.2 Å². The van der Waals surface area contributed by atoms with E-state index >= 15 is 0 Å². The highest BCUT2D eigenvalue weighted by atomic mass is 16.2. The molecule has 0 saturated heterocycles. The lowest BCUT2D eigenvalue weighted by molar-refractivity contribution is -0.129. The van der Waals surface area contributed by atoms with Crippen LogP contribution in [0.1, 0.15) is 35.6 Å². The van der Waals surface area contributed by atoms with Crippen molar-refractivity contribution < 1.29 is 9.59 Å². The minimum atomic E-state index is -1.05. The second-order valence-electron chi connectivity index (χ2n) is 8.94. The van der Waals surface area contributed by atoms with Crippen LogP contribution >= 0.6 is 0 Å². The summed E-state index contributed by atoms with van der Waals surface area (Å²) in [7, 11) is 0. The summed E-state index contributed by atoms with van der Waals surface area (Å²) in [5.74, 6) is -0.917. The molecule has 5 rings (SSSR count). The zero-order chi connectivity index (χ0) is 26.5. The molecule has 0 fully saturated rings. The van der Waals surface area contributed by atoms with Gasteiger partial charge >= 0.3 is 0 Å². The minimum Gasteiger partial charge on any atom is -0.355 e. The number of hydrogen-bond acceptors (Lipinski definition) is 7. The van der Waals surface area contributed by atoms with Crippen molar-refractivity contribution in [1.82, 2.24) is 40.8 Å². The maximum atomic E-state index is 12.9. The van der Waals surface area contributed by atoms with Crippen molar-refractivity contribution in [3.8, 4) is 0 Å². The van der Waals surface area contributed by atoms with Crippen LogP contribution in [-0.2, 0) is 10.3 Å². The van der Waals surface area contributed by atoms with E-state index in [9.17, 15) is 9.59 Å². The molecule has 11 heteroatoms. The van der Waals surface area contributed by atoms with Gasteiger partial charge in [0.1, 0.15) is 18.2 Å². The van der Waals surface area contributed by atoms with Crippen LogP contribution in [0.2, 0.25) is 0 Å². The monoisotopic (exact) mass is 507 g/mol. The van der Waals surface area contributed by atoms with Crippen molar-refractivity contribution in [1.29, 1.82) is 0 Å². The molecule has 0 atom stereocenters. The lowest BCUT2D eigenvalue weighted by atomic mass is 10.1. The maximum Gasteiger partial charge on any atom is 0.271 e. The molecule has 0 spiro atoms. The molecule has 0 aliphatic heterocycles. The predicted octanol–water partition coefficient (Wildman–Crippen LogP) is 3.66. The Morgan fingerprint density at radius 2 is 1.84 bits per heavy atom. The van der Waals surface area contributed by atoms with Gasteiger partial charge in [0, 0.05) is 17.3 Å². The molecule has 4 N–H and O–H groups in total. The summed E-state index contributed by atoms with van der Waals surface area (Å²) in [5, 5.41) is 15.7. The smallest absolute Gasteiger partial charge is 0.271 e. The van der Waals surface area contributed by atoms with Crippen LogP contribution in [0, 0.1) is 0 Å². The van der Waals surface area contributed by atoms with E-state index in [0.29, 0.717) is 11.3 Å². The molecule has 3 heterocycles. The highest BCUT2D eigenvalue weighted by Gasteiger charge is 2.31. The van der Waals surface area contributed by atoms with Crippen LogP contribution in [0.5, 0.6) is 0 Å². The van der Waals surface area contributed by atoms with Gasteiger partial charge in [0.15, 0.2) is 0 Å². The number of aromatic amines is 1. The zero-order valence-corrected chi connectivity index (χ0v) is 20.7. The average Bonchev–Trinajstić information content (AvgIpc) is 3.62. The number of carbonyl (C=O) groups excluding carboxylic acids is 2. The summed E-state index contributed by atoms with van der Waals surface area (Å²) >= 11 is 0. The maximum absolute atomic E-state index is 12.9. The van der Waals surface area contributed by atoms with Gasteiger partial charge in [0.25, 0.3) is 11.8 Å². The fourth-order valence-corrected chi connectivity index (χ4v) is 3.76. The quantitative estimate of drug-likeness (QED) is 0.246. The Morgan fingerprint density at radius 3 is 2.63 bits per heavy atom. The Morgan fingerprint density at radius 1 is 1.00 bits per heavy atom. The van der Waals surface area contributed by atoms with Crippen molar-refractivity contribution in [2.75, 3.05) is 5.32 Å². The Bertz CT molecular complexity index is 1610. The molecule has 5 aromatic rings. The number of anilines is 2. The van der Waals surface area contributed by atoms with Crippen molar-refractivity contribution in [2.24, 2.45) is 0 Å². The molecular weight excluding hydrogens is 482 g/mol. The summed E-state index contributed by atoms with van der Waals surface area (Å²) in [5.41, 5.74) is 8.07. The molecule has 2 amide bonds. The van der Waals surface area contributed by atoms with E-state index < -0.39 is 17.4 Å². The molecule has 2 aromatic carbocycles. The number of nitrogens with one attached hydrogen (secondary N) is 4. The van der Waals surface area contributed by atoms with E-state index in [0.717, 1.165) is 28.0 Å². The third-order valence-corrected chi connectivity index (χ3v) is 5.98. The summed E-state index contributed by atoms with van der Waals surface area (Å²) in [6, 6.07) is 18.5. The number of para-hydroxylation sites is 1. The second kappa shape index (κ2) is 10.3. The number of H-pyrrole nitrogens is 1. The van der Waals surface area contributed by atoms with E-state index in [4.69, 9.17) is 0 Å². The van der Waals surface area contributed by atoms with Gasteiger partial charge in [-0.3, -0.25) is 30.5 Å². The van der Waals surface area contributed by atoms with Gasteiger partial charge in [-0.2, -0.15) is 10.2 Å². The number of benzene rings is 2. The average molecular weight is 508 g/mol. The van der Waals surface area contributed by atoms with Crippen molar-refractivity contribution >= 4 is 46.2 Å². The van der Waals surface area contributed by atoms with Crippen molar-refractivity contribution in [3.63, 3.8) is 0 Å². The summed E-state index contributed by atoms with van der Waals surface area (Å²) < 4.78 is 1.41. The fourth-order valence-electron chi connectivity index (χ4n) is 3.76. The molecule has 0 unspecified atom stereocenters. The SMILES string of the molecule is CC(C)(C(=O)NNC(=O)c1ccccc1Nc1ccc2c(/C=C/c3ccccn3)n[nH]c2c1)n1cncn1. The van der Waals surface area contributed by atoms with E-state index in [1.807, 2.05) is 54.6 Å². The highest BCUT2D eigenvalue weighted by Crippen LogP contribution is 2.26. The van der Waals surface area contributed by atoms with Crippen LogP contribution in [0.15, 0.2) is 79.5 Å². The van der Waals surface area contributed by atoms with Gasteiger partial charge in [-0.25, -0.2) is 9.67 Å². The van der Waals surface area contributed by atoms with Gasteiger partial charge in [-0.1, -0.05) is 18.2 Å². The van der Waals surface area contributed by atoms with Crippen LogP contribution in [0.3, 0.4) is 0 Å². The number of fused-ring (bicyclic) bond motifs is 1. The number of nitrogens with zero attached hydrogens (tertiary/aromatic N) is 5. The first kappa shape index (κ1) is 24.4. The number of carbonyl (C=O) groups is 2. The largest absolute Gasteiger partial charge is 0.355 e. The summed E-state index contributed by atoms with van der Waals surface area (Å²) in [6.07, 6.45) is 8.34. The van der Waals surface area contributed by atoms with Crippen LogP contribution in [0.25, 0.3) is 23.1 Å². The van der Waals surface area contributed by atoms with E-state index in [2.05, 4.69) is 41.4 Å². The lowest BCUT2D eigenvalue weighted by Crippen LogP contribution is -2.51. The topological polar surface area (TPSA) is 143 Å². The Kier molecular flexibility index (Phi) is 6.64. The molecule has 11 nitrogen and oxygen atoms in total.